The molecule has 0 atom stereocenters. The van der Waals surface area contributed by atoms with E-state index in [2.05, 4.69) is 0 Å². The molecule has 0 unspecified atom stereocenters. The Bertz CT molecular complexity index is 169. The van der Waals surface area contributed by atoms with Crippen molar-refractivity contribution in [2.45, 2.75) is 6.32 Å². The Labute approximate surface area is 83.6 Å². The second-order valence-electron chi connectivity index (χ2n) is 2.94. The van der Waals surface area contributed by atoms with Crippen molar-refractivity contribution in [1.82, 2.24) is 0 Å². The van der Waals surface area contributed by atoms with Gasteiger partial charge >= 0.3 is 14.4 Å². The van der Waals surface area contributed by atoms with Crippen LogP contribution in [0.5, 0.6) is 0 Å². The predicted octanol–water partition coefficient (Wildman–Crippen LogP) is 0.0834. The molecule has 0 spiro atoms. The lowest BCUT2D eigenvalue weighted by molar-refractivity contribution is 0.243. The van der Waals surface area contributed by atoms with Crippen molar-refractivity contribution in [3.63, 3.8) is 0 Å². The summed E-state index contributed by atoms with van der Waals surface area (Å²) in [6, 6.07) is 0. The van der Waals surface area contributed by atoms with Gasteiger partial charge in [0.05, 0.1) is 32.7 Å². The quantitative estimate of drug-likeness (QED) is 0.472. The third-order valence-corrected chi connectivity index (χ3v) is 1.90. The largest absolute Gasteiger partial charge is 0.712 e. The average Bonchev–Trinajstić information content (AvgIpc) is 2.86. The molecule has 2 fully saturated rings. The van der Waals surface area contributed by atoms with Gasteiger partial charge in [-0.1, -0.05) is 6.08 Å². The molecular formula is C7H12B2O5. The normalized spacial score (nSPS) is 22.6. The Morgan fingerprint density at radius 3 is 2.36 bits per heavy atom. The van der Waals surface area contributed by atoms with Crippen LogP contribution in [0, 0.1) is 0 Å². The fourth-order valence-electron chi connectivity index (χ4n) is 1.25. The molecule has 76 valence electrons. The summed E-state index contributed by atoms with van der Waals surface area (Å²) in [5.41, 5.74) is 0. The van der Waals surface area contributed by atoms with Gasteiger partial charge in [0.2, 0.25) is 0 Å². The van der Waals surface area contributed by atoms with Crippen molar-refractivity contribution in [3.05, 3.63) is 12.3 Å². The fraction of sp³-hybridized carbons (Fsp3) is 0.714. The van der Waals surface area contributed by atoms with E-state index in [9.17, 15) is 0 Å². The number of allylic oxidation sites excluding steroid dienone is 1. The predicted molar refractivity (Wildman–Crippen MR) is 50.3 cm³/mol. The van der Waals surface area contributed by atoms with Gasteiger partial charge in [0.15, 0.2) is 0 Å². The van der Waals surface area contributed by atoms with Crippen LogP contribution in [0.25, 0.3) is 0 Å². The lowest BCUT2D eigenvalue weighted by atomic mass is 9.86. The minimum atomic E-state index is -0.545. The van der Waals surface area contributed by atoms with Crippen LogP contribution in [0.4, 0.5) is 0 Å². The maximum Gasteiger partial charge on any atom is 0.712 e. The molecule has 0 saturated carbocycles. The van der Waals surface area contributed by atoms with Gasteiger partial charge < -0.3 is 23.3 Å². The molecule has 7 heteroatoms. The molecule has 0 bridgehead atoms. The van der Waals surface area contributed by atoms with E-state index in [1.54, 1.807) is 6.26 Å². The minimum Gasteiger partial charge on any atom is -0.518 e. The van der Waals surface area contributed by atoms with E-state index in [0.717, 1.165) is 0 Å². The van der Waals surface area contributed by atoms with Crippen molar-refractivity contribution in [1.29, 1.82) is 0 Å². The van der Waals surface area contributed by atoms with E-state index >= 15 is 0 Å². The Morgan fingerprint density at radius 2 is 1.64 bits per heavy atom. The first kappa shape index (κ1) is 10.0. The summed E-state index contributed by atoms with van der Waals surface area (Å²) in [6.45, 7) is 2.53. The third-order valence-electron chi connectivity index (χ3n) is 1.90. The van der Waals surface area contributed by atoms with E-state index < -0.39 is 7.32 Å². The summed E-state index contributed by atoms with van der Waals surface area (Å²) in [6.07, 6.45) is 4.08. The van der Waals surface area contributed by atoms with Gasteiger partial charge in [-0.2, -0.15) is 0 Å². The molecule has 2 rings (SSSR count). The smallest absolute Gasteiger partial charge is 0.518 e. The highest BCUT2D eigenvalue weighted by atomic mass is 16.8. The molecule has 0 N–H and O–H groups in total. The van der Waals surface area contributed by atoms with E-state index in [0.29, 0.717) is 32.7 Å². The molecular weight excluding hydrogens is 186 g/mol. The molecule has 0 amide bonds. The second-order valence-corrected chi connectivity index (χ2v) is 2.94. The van der Waals surface area contributed by atoms with Crippen molar-refractivity contribution >= 4 is 14.4 Å². The molecule has 2 heterocycles. The fourth-order valence-corrected chi connectivity index (χ4v) is 1.25. The Kier molecular flexibility index (Phi) is 3.88. The maximum absolute atomic E-state index is 5.23. The highest BCUT2D eigenvalue weighted by Gasteiger charge is 2.27. The average molecular weight is 198 g/mol. The van der Waals surface area contributed by atoms with Crippen LogP contribution in [0.15, 0.2) is 12.3 Å². The van der Waals surface area contributed by atoms with E-state index in [4.69, 9.17) is 23.3 Å². The second kappa shape index (κ2) is 5.41. The van der Waals surface area contributed by atoms with Gasteiger partial charge in [0.1, 0.15) is 0 Å². The summed E-state index contributed by atoms with van der Waals surface area (Å²) in [5, 5.41) is 0. The zero-order valence-electron chi connectivity index (χ0n) is 7.89. The maximum atomic E-state index is 5.23. The van der Waals surface area contributed by atoms with Gasteiger partial charge in [-0.25, -0.2) is 0 Å². The highest BCUT2D eigenvalue weighted by molar-refractivity contribution is 6.45. The van der Waals surface area contributed by atoms with E-state index in [1.165, 1.54) is 0 Å². The van der Waals surface area contributed by atoms with Crippen LogP contribution in [0.1, 0.15) is 0 Å². The monoisotopic (exact) mass is 198 g/mol. The SMILES string of the molecule is C(=C/OB1OCCO1)/CB1OCCO1. The molecule has 0 radical (unpaired) electrons. The molecule has 2 aliphatic rings. The van der Waals surface area contributed by atoms with Crippen molar-refractivity contribution in [3.8, 4) is 0 Å². The van der Waals surface area contributed by atoms with Crippen molar-refractivity contribution in [2.75, 3.05) is 26.4 Å². The topological polar surface area (TPSA) is 46.2 Å². The lowest BCUT2D eigenvalue weighted by Gasteiger charge is -2.01. The number of hydrogen-bond donors (Lipinski definition) is 0. The molecule has 0 aromatic rings. The molecule has 2 saturated heterocycles. The van der Waals surface area contributed by atoms with Crippen LogP contribution >= 0.6 is 0 Å². The van der Waals surface area contributed by atoms with Gasteiger partial charge in [-0.15, -0.1) is 0 Å². The minimum absolute atomic E-state index is 0.125. The lowest BCUT2D eigenvalue weighted by Crippen LogP contribution is -2.16. The summed E-state index contributed by atoms with van der Waals surface area (Å²) in [5.74, 6) is 0. The number of hydrogen-bond acceptors (Lipinski definition) is 5. The summed E-state index contributed by atoms with van der Waals surface area (Å²) < 4.78 is 25.7. The van der Waals surface area contributed by atoms with Crippen LogP contribution in [-0.2, 0) is 23.3 Å². The summed E-state index contributed by atoms with van der Waals surface area (Å²) in [7, 11) is -0.670. The highest BCUT2D eigenvalue weighted by Crippen LogP contribution is 2.06. The van der Waals surface area contributed by atoms with Gasteiger partial charge in [-0.3, -0.25) is 0 Å². The molecule has 2 aliphatic heterocycles. The zero-order valence-corrected chi connectivity index (χ0v) is 7.89. The standard InChI is InChI=1S/C7H12B2O5/c1(2-8-10-4-5-11-8)3-12-9-13-6-7-14-9/h1,3H,2,4-7H2/b3-1-. The molecule has 14 heavy (non-hydrogen) atoms. The Hall–Kier alpha value is -0.490. The van der Waals surface area contributed by atoms with Crippen LogP contribution in [0.3, 0.4) is 0 Å². The van der Waals surface area contributed by atoms with Gasteiger partial charge in [0.25, 0.3) is 0 Å². The van der Waals surface area contributed by atoms with E-state index in [-0.39, 0.29) is 7.12 Å². The molecule has 0 aromatic carbocycles. The summed E-state index contributed by atoms with van der Waals surface area (Å²) in [4.78, 5) is 0. The first-order valence-corrected chi connectivity index (χ1v) is 4.72. The molecule has 0 aliphatic carbocycles. The summed E-state index contributed by atoms with van der Waals surface area (Å²) >= 11 is 0. The third kappa shape index (κ3) is 3.02. The van der Waals surface area contributed by atoms with E-state index in [1.807, 2.05) is 6.08 Å². The van der Waals surface area contributed by atoms with Crippen LogP contribution in [0.2, 0.25) is 6.32 Å². The first-order chi connectivity index (χ1) is 6.95. The first-order valence-electron chi connectivity index (χ1n) is 4.72. The Morgan fingerprint density at radius 1 is 1.00 bits per heavy atom. The van der Waals surface area contributed by atoms with Crippen LogP contribution < -0.4 is 0 Å². The Balaban J connectivity index is 1.57. The van der Waals surface area contributed by atoms with Crippen LogP contribution in [-0.4, -0.2) is 40.9 Å². The molecule has 5 nitrogen and oxygen atoms in total. The zero-order chi connectivity index (χ0) is 9.64. The number of rotatable bonds is 4. The van der Waals surface area contributed by atoms with Crippen molar-refractivity contribution in [2.24, 2.45) is 0 Å². The van der Waals surface area contributed by atoms with Crippen molar-refractivity contribution < 1.29 is 23.3 Å². The molecule has 0 aromatic heterocycles. The van der Waals surface area contributed by atoms with Gasteiger partial charge in [-0.05, 0) is 0 Å². The van der Waals surface area contributed by atoms with Gasteiger partial charge in [0, 0.05) is 6.32 Å².